The fourth-order valence-electron chi connectivity index (χ4n) is 4.03. The first-order valence-electron chi connectivity index (χ1n) is 11.0. The number of halogens is 1. The van der Waals surface area contributed by atoms with Crippen LogP contribution in [-0.4, -0.2) is 43.8 Å². The number of nitrogens with zero attached hydrogens (tertiary/aromatic N) is 1. The van der Waals surface area contributed by atoms with Gasteiger partial charge in [-0.05, 0) is 54.5 Å². The molecule has 1 aliphatic rings. The molecule has 0 saturated heterocycles. The van der Waals surface area contributed by atoms with Crippen LogP contribution in [0.1, 0.15) is 44.4 Å². The summed E-state index contributed by atoms with van der Waals surface area (Å²) in [5.74, 6) is -1.46. The summed E-state index contributed by atoms with van der Waals surface area (Å²) >= 11 is 1.46. The van der Waals surface area contributed by atoms with Crippen LogP contribution >= 0.6 is 11.3 Å². The van der Waals surface area contributed by atoms with Gasteiger partial charge in [-0.15, -0.1) is 11.3 Å². The van der Waals surface area contributed by atoms with Crippen molar-refractivity contribution >= 4 is 33.2 Å². The van der Waals surface area contributed by atoms with E-state index in [9.17, 15) is 22.4 Å². The number of thiophene rings is 1. The van der Waals surface area contributed by atoms with Crippen LogP contribution in [-0.2, 0) is 26.2 Å². The van der Waals surface area contributed by atoms with Crippen LogP contribution in [0, 0.1) is 11.7 Å². The maximum absolute atomic E-state index is 13.3. The van der Waals surface area contributed by atoms with Crippen molar-refractivity contribution in [2.75, 3.05) is 6.54 Å². The summed E-state index contributed by atoms with van der Waals surface area (Å²) in [6, 6.07) is 7.46. The van der Waals surface area contributed by atoms with Gasteiger partial charge in [0, 0.05) is 10.9 Å². The normalized spacial score (nSPS) is 15.5. The maximum atomic E-state index is 13.3. The average molecular weight is 496 g/mol. The number of sulfonamides is 1. The van der Waals surface area contributed by atoms with E-state index in [1.807, 2.05) is 31.4 Å². The third-order valence-electron chi connectivity index (χ3n) is 5.70. The first-order chi connectivity index (χ1) is 15.7. The second-order valence-corrected chi connectivity index (χ2v) is 11.4. The lowest BCUT2D eigenvalue weighted by Gasteiger charge is -2.34. The lowest BCUT2D eigenvalue weighted by atomic mass is 10.0. The van der Waals surface area contributed by atoms with Gasteiger partial charge in [0.2, 0.25) is 21.8 Å². The summed E-state index contributed by atoms with van der Waals surface area (Å²) in [5, 5.41) is 4.96. The summed E-state index contributed by atoms with van der Waals surface area (Å²) in [7, 11) is -4.01. The highest BCUT2D eigenvalue weighted by Gasteiger charge is 2.34. The summed E-state index contributed by atoms with van der Waals surface area (Å²) in [5.41, 5.74) is 0. The van der Waals surface area contributed by atoms with Crippen molar-refractivity contribution in [3.63, 3.8) is 0 Å². The smallest absolute Gasteiger partial charge is 0.243 e. The fraction of sp³-hybridized carbons (Fsp3) is 0.478. The molecule has 2 aromatic rings. The molecule has 3 rings (SSSR count). The quantitative estimate of drug-likeness (QED) is 0.529. The van der Waals surface area contributed by atoms with E-state index in [0.29, 0.717) is 0 Å². The molecule has 180 valence electrons. The second-order valence-electron chi connectivity index (χ2n) is 8.56. The highest BCUT2D eigenvalue weighted by molar-refractivity contribution is 7.89. The van der Waals surface area contributed by atoms with Crippen LogP contribution in [0.3, 0.4) is 0 Å². The van der Waals surface area contributed by atoms with Crippen molar-refractivity contribution < 1.29 is 22.4 Å². The largest absolute Gasteiger partial charge is 0.352 e. The number of benzene rings is 1. The topological polar surface area (TPSA) is 95.6 Å². The minimum atomic E-state index is -4.01. The van der Waals surface area contributed by atoms with Crippen molar-refractivity contribution in [2.45, 2.75) is 63.1 Å². The number of amides is 2. The first-order valence-corrected chi connectivity index (χ1v) is 13.4. The Kier molecular flexibility index (Phi) is 8.61. The van der Waals surface area contributed by atoms with E-state index in [4.69, 9.17) is 0 Å². The zero-order chi connectivity index (χ0) is 24.0. The molecule has 1 aromatic carbocycles. The molecule has 0 aliphatic heterocycles. The molecule has 1 unspecified atom stereocenters. The molecule has 1 heterocycles. The predicted octanol–water partition coefficient (Wildman–Crippen LogP) is 3.28. The van der Waals surface area contributed by atoms with E-state index < -0.39 is 34.3 Å². The van der Waals surface area contributed by atoms with Crippen molar-refractivity contribution in [3.05, 3.63) is 52.5 Å². The Morgan fingerprint density at radius 3 is 2.39 bits per heavy atom. The van der Waals surface area contributed by atoms with Gasteiger partial charge in [0.15, 0.2) is 0 Å². The van der Waals surface area contributed by atoms with E-state index in [2.05, 4.69) is 10.0 Å². The van der Waals surface area contributed by atoms with Gasteiger partial charge in [-0.2, -0.15) is 0 Å². The molecule has 2 amide bonds. The molecule has 7 nitrogen and oxygen atoms in total. The zero-order valence-corrected chi connectivity index (χ0v) is 20.4. The molecular weight excluding hydrogens is 465 g/mol. The number of nitrogens with one attached hydrogen (secondary N) is 2. The molecule has 0 spiro atoms. The van der Waals surface area contributed by atoms with Gasteiger partial charge in [0.05, 0.1) is 18.0 Å². The maximum Gasteiger partial charge on any atom is 0.243 e. The monoisotopic (exact) mass is 495 g/mol. The highest BCUT2D eigenvalue weighted by atomic mass is 32.2. The van der Waals surface area contributed by atoms with Gasteiger partial charge < -0.3 is 10.2 Å². The van der Waals surface area contributed by atoms with E-state index in [0.717, 1.165) is 54.8 Å². The SMILES string of the molecule is CC(C)C(C(=O)NC1CCCC1)N(Cc1cccs1)C(=O)CNS(=O)(=O)c1ccc(F)cc1. The molecule has 10 heteroatoms. The van der Waals surface area contributed by atoms with Gasteiger partial charge in [-0.1, -0.05) is 32.8 Å². The van der Waals surface area contributed by atoms with E-state index >= 15 is 0 Å². The van der Waals surface area contributed by atoms with Crippen LogP contribution in [0.4, 0.5) is 4.39 Å². The standard InChI is InChI=1S/C23H30FN3O4S2/c1-16(2)22(23(29)26-18-6-3-4-7-18)27(15-19-8-5-13-32-19)21(28)14-25-33(30,31)20-11-9-17(24)10-12-20/h5,8-13,16,18,22,25H,3-4,6-7,14-15H2,1-2H3,(H,26,29). The predicted molar refractivity (Wildman–Crippen MR) is 125 cm³/mol. The third-order valence-corrected chi connectivity index (χ3v) is 7.98. The Bertz CT molecular complexity index is 1030. The molecule has 0 radical (unpaired) electrons. The molecule has 1 atom stereocenters. The third kappa shape index (κ3) is 6.84. The number of carbonyl (C=O) groups is 2. The van der Waals surface area contributed by atoms with Gasteiger partial charge in [-0.25, -0.2) is 17.5 Å². The van der Waals surface area contributed by atoms with Gasteiger partial charge >= 0.3 is 0 Å². The highest BCUT2D eigenvalue weighted by Crippen LogP contribution is 2.22. The average Bonchev–Trinajstić information content (AvgIpc) is 3.46. The molecule has 1 aromatic heterocycles. The van der Waals surface area contributed by atoms with Gasteiger partial charge in [0.25, 0.3) is 0 Å². The number of carbonyl (C=O) groups excluding carboxylic acids is 2. The molecule has 33 heavy (non-hydrogen) atoms. The van der Waals surface area contributed by atoms with E-state index in [1.165, 1.54) is 16.2 Å². The summed E-state index contributed by atoms with van der Waals surface area (Å²) in [6.45, 7) is 3.44. The van der Waals surface area contributed by atoms with Crippen LogP contribution in [0.15, 0.2) is 46.7 Å². The van der Waals surface area contributed by atoms with Crippen LogP contribution < -0.4 is 10.0 Å². The first kappa shape index (κ1) is 25.3. The summed E-state index contributed by atoms with van der Waals surface area (Å²) in [4.78, 5) is 28.7. The van der Waals surface area contributed by atoms with Gasteiger partial charge in [0.1, 0.15) is 11.9 Å². The molecule has 1 aliphatic carbocycles. The molecule has 2 N–H and O–H groups in total. The minimum absolute atomic E-state index is 0.106. The number of hydrogen-bond donors (Lipinski definition) is 2. The minimum Gasteiger partial charge on any atom is -0.352 e. The van der Waals surface area contributed by atoms with E-state index in [-0.39, 0.29) is 29.3 Å². The Morgan fingerprint density at radius 1 is 1.15 bits per heavy atom. The molecule has 0 bridgehead atoms. The number of rotatable bonds is 10. The Balaban J connectivity index is 1.78. The molecule has 1 fully saturated rings. The van der Waals surface area contributed by atoms with Gasteiger partial charge in [-0.3, -0.25) is 9.59 Å². The zero-order valence-electron chi connectivity index (χ0n) is 18.8. The fourth-order valence-corrected chi connectivity index (χ4v) is 5.71. The lowest BCUT2D eigenvalue weighted by Crippen LogP contribution is -2.55. The summed E-state index contributed by atoms with van der Waals surface area (Å²) < 4.78 is 40.6. The van der Waals surface area contributed by atoms with Crippen LogP contribution in [0.25, 0.3) is 0 Å². The summed E-state index contributed by atoms with van der Waals surface area (Å²) in [6.07, 6.45) is 3.99. The van der Waals surface area contributed by atoms with Crippen molar-refractivity contribution in [2.24, 2.45) is 5.92 Å². The molecular formula is C23H30FN3O4S2. The van der Waals surface area contributed by atoms with Crippen molar-refractivity contribution in [1.82, 2.24) is 14.9 Å². The van der Waals surface area contributed by atoms with E-state index in [1.54, 1.807) is 0 Å². The number of hydrogen-bond acceptors (Lipinski definition) is 5. The van der Waals surface area contributed by atoms with Crippen LogP contribution in [0.5, 0.6) is 0 Å². The Morgan fingerprint density at radius 2 is 1.82 bits per heavy atom. The Hall–Kier alpha value is -2.30. The Labute approximate surface area is 198 Å². The van der Waals surface area contributed by atoms with Crippen molar-refractivity contribution in [1.29, 1.82) is 0 Å². The lowest BCUT2D eigenvalue weighted by molar-refractivity contribution is -0.142. The molecule has 1 saturated carbocycles. The second kappa shape index (κ2) is 11.2. The van der Waals surface area contributed by atoms with Crippen molar-refractivity contribution in [3.8, 4) is 0 Å². The van der Waals surface area contributed by atoms with Crippen LogP contribution in [0.2, 0.25) is 0 Å².